The number of nitrogens with zero attached hydrogens (tertiary/aromatic N) is 3. The van der Waals surface area contributed by atoms with Crippen LogP contribution in [0.3, 0.4) is 0 Å². The average Bonchev–Trinajstić information content (AvgIpc) is 2.99. The van der Waals surface area contributed by atoms with Gasteiger partial charge >= 0.3 is 0 Å². The van der Waals surface area contributed by atoms with E-state index in [4.69, 9.17) is 9.40 Å². The molecule has 0 radical (unpaired) electrons. The minimum atomic E-state index is 0.748. The highest BCUT2D eigenvalue weighted by atomic mass is 16.3. The van der Waals surface area contributed by atoms with Crippen LogP contribution in [0.15, 0.2) is 71.5 Å². The molecule has 0 aliphatic rings. The van der Waals surface area contributed by atoms with E-state index in [0.29, 0.717) is 0 Å². The molecule has 0 amide bonds. The van der Waals surface area contributed by atoms with Crippen molar-refractivity contribution in [1.82, 2.24) is 15.0 Å². The number of pyridine rings is 3. The van der Waals surface area contributed by atoms with Gasteiger partial charge in [0, 0.05) is 23.2 Å². The number of hydrogen-bond acceptors (Lipinski definition) is 4. The maximum Gasteiger partial charge on any atom is 0.155 e. The minimum absolute atomic E-state index is 0.748. The largest absolute Gasteiger partial charge is 0.453 e. The van der Waals surface area contributed by atoms with Crippen molar-refractivity contribution in [1.29, 1.82) is 0 Å². The van der Waals surface area contributed by atoms with Crippen molar-refractivity contribution >= 4 is 32.8 Å². The summed E-state index contributed by atoms with van der Waals surface area (Å²) in [6.07, 6.45) is 5.29. The van der Waals surface area contributed by atoms with E-state index in [9.17, 15) is 0 Å². The lowest BCUT2D eigenvalue weighted by molar-refractivity contribution is 0.666. The van der Waals surface area contributed by atoms with E-state index in [2.05, 4.69) is 22.1 Å². The van der Waals surface area contributed by atoms with Gasteiger partial charge in [0.25, 0.3) is 0 Å². The Labute approximate surface area is 131 Å². The number of aromatic nitrogens is 3. The topological polar surface area (TPSA) is 51.8 Å². The van der Waals surface area contributed by atoms with Gasteiger partial charge in [0.2, 0.25) is 0 Å². The molecule has 0 bridgehead atoms. The molecule has 108 valence electrons. The Morgan fingerprint density at radius 2 is 1.74 bits per heavy atom. The van der Waals surface area contributed by atoms with Crippen LogP contribution in [0.5, 0.6) is 0 Å². The number of hydrogen-bond donors (Lipinski definition) is 0. The number of rotatable bonds is 1. The second kappa shape index (κ2) is 4.61. The second-order valence-corrected chi connectivity index (χ2v) is 5.40. The standard InChI is InChI=1S/C19H11N3O/c1-2-4-13-12(3-1)7-10-21-18(13)15-5-6-16-19(22-15)14-8-9-20-11-17(14)23-16/h1-11H. The minimum Gasteiger partial charge on any atom is -0.453 e. The Bertz CT molecular complexity index is 1170. The van der Waals surface area contributed by atoms with Gasteiger partial charge < -0.3 is 4.42 Å². The quantitative estimate of drug-likeness (QED) is 0.454. The van der Waals surface area contributed by atoms with Crippen molar-refractivity contribution in [2.75, 3.05) is 0 Å². The molecule has 0 atom stereocenters. The molecule has 0 aliphatic carbocycles. The van der Waals surface area contributed by atoms with Crippen LogP contribution in [0.2, 0.25) is 0 Å². The first-order chi connectivity index (χ1) is 11.4. The van der Waals surface area contributed by atoms with Crippen molar-refractivity contribution in [3.05, 3.63) is 67.1 Å². The van der Waals surface area contributed by atoms with E-state index >= 15 is 0 Å². The van der Waals surface area contributed by atoms with Crippen molar-refractivity contribution in [3.8, 4) is 11.4 Å². The van der Waals surface area contributed by atoms with Crippen LogP contribution >= 0.6 is 0 Å². The highest BCUT2D eigenvalue weighted by Gasteiger charge is 2.12. The lowest BCUT2D eigenvalue weighted by atomic mass is 10.1. The molecule has 1 aromatic carbocycles. The molecule has 5 rings (SSSR count). The molecule has 4 heteroatoms. The van der Waals surface area contributed by atoms with E-state index in [1.54, 1.807) is 12.4 Å². The second-order valence-electron chi connectivity index (χ2n) is 5.40. The van der Waals surface area contributed by atoms with Gasteiger partial charge in [-0.15, -0.1) is 0 Å². The third kappa shape index (κ3) is 1.82. The Kier molecular flexibility index (Phi) is 2.46. The molecule has 0 N–H and O–H groups in total. The van der Waals surface area contributed by atoms with Gasteiger partial charge in [-0.2, -0.15) is 0 Å². The molecule has 0 aliphatic heterocycles. The lowest BCUT2D eigenvalue weighted by Crippen LogP contribution is -1.89. The van der Waals surface area contributed by atoms with Gasteiger partial charge in [-0.1, -0.05) is 24.3 Å². The van der Waals surface area contributed by atoms with Gasteiger partial charge in [-0.3, -0.25) is 9.97 Å². The highest BCUT2D eigenvalue weighted by molar-refractivity contribution is 6.03. The zero-order chi connectivity index (χ0) is 15.2. The summed E-state index contributed by atoms with van der Waals surface area (Å²) < 4.78 is 5.79. The average molecular weight is 297 g/mol. The molecule has 0 saturated heterocycles. The Morgan fingerprint density at radius 3 is 2.74 bits per heavy atom. The molecule has 23 heavy (non-hydrogen) atoms. The van der Waals surface area contributed by atoms with E-state index < -0.39 is 0 Å². The Hall–Kier alpha value is -3.27. The summed E-state index contributed by atoms with van der Waals surface area (Å²) in [5, 5.41) is 3.22. The predicted molar refractivity (Wildman–Crippen MR) is 90.0 cm³/mol. The SMILES string of the molecule is c1ccc2c(-c3ccc4oc5cnccc5c4n3)nccc2c1. The predicted octanol–water partition coefficient (Wildman–Crippen LogP) is 4.59. The van der Waals surface area contributed by atoms with E-state index in [0.717, 1.165) is 44.2 Å². The monoisotopic (exact) mass is 297 g/mol. The third-order valence-electron chi connectivity index (χ3n) is 4.03. The van der Waals surface area contributed by atoms with E-state index in [1.165, 1.54) is 0 Å². The summed E-state index contributed by atoms with van der Waals surface area (Å²) in [6.45, 7) is 0. The van der Waals surface area contributed by atoms with Crippen molar-refractivity contribution in [2.45, 2.75) is 0 Å². The summed E-state index contributed by atoms with van der Waals surface area (Å²) >= 11 is 0. The zero-order valence-electron chi connectivity index (χ0n) is 12.1. The molecule has 4 aromatic heterocycles. The smallest absolute Gasteiger partial charge is 0.155 e. The van der Waals surface area contributed by atoms with Crippen LogP contribution in [0.4, 0.5) is 0 Å². The lowest BCUT2D eigenvalue weighted by Gasteiger charge is -2.04. The summed E-state index contributed by atoms with van der Waals surface area (Å²) in [5.74, 6) is 0. The van der Waals surface area contributed by atoms with E-state index in [-0.39, 0.29) is 0 Å². The molecule has 0 unspecified atom stereocenters. The first kappa shape index (κ1) is 12.3. The number of furan rings is 1. The van der Waals surface area contributed by atoms with E-state index in [1.807, 2.05) is 42.6 Å². The molecule has 0 saturated carbocycles. The van der Waals surface area contributed by atoms with Gasteiger partial charge in [-0.05, 0) is 29.7 Å². The summed E-state index contributed by atoms with van der Waals surface area (Å²) in [7, 11) is 0. The molecule has 5 aromatic rings. The van der Waals surface area contributed by atoms with Crippen LogP contribution in [0, 0.1) is 0 Å². The van der Waals surface area contributed by atoms with Crippen LogP contribution in [0.25, 0.3) is 44.2 Å². The van der Waals surface area contributed by atoms with Gasteiger partial charge in [0.15, 0.2) is 11.2 Å². The van der Waals surface area contributed by atoms with Crippen LogP contribution in [0.1, 0.15) is 0 Å². The molecule has 4 heterocycles. The fourth-order valence-corrected chi connectivity index (χ4v) is 2.95. The van der Waals surface area contributed by atoms with Crippen LogP contribution in [-0.2, 0) is 0 Å². The normalized spacial score (nSPS) is 11.5. The fraction of sp³-hybridized carbons (Fsp3) is 0. The highest BCUT2D eigenvalue weighted by Crippen LogP contribution is 2.30. The molecule has 0 fully saturated rings. The maximum atomic E-state index is 5.79. The maximum absolute atomic E-state index is 5.79. The number of benzene rings is 1. The van der Waals surface area contributed by atoms with Crippen LogP contribution < -0.4 is 0 Å². The fourth-order valence-electron chi connectivity index (χ4n) is 2.95. The van der Waals surface area contributed by atoms with Gasteiger partial charge in [0.05, 0.1) is 17.6 Å². The van der Waals surface area contributed by atoms with Crippen LogP contribution in [-0.4, -0.2) is 15.0 Å². The van der Waals surface area contributed by atoms with Crippen molar-refractivity contribution < 1.29 is 4.42 Å². The molecule has 4 nitrogen and oxygen atoms in total. The van der Waals surface area contributed by atoms with Gasteiger partial charge in [-0.25, -0.2) is 4.98 Å². The Morgan fingerprint density at radius 1 is 0.783 bits per heavy atom. The van der Waals surface area contributed by atoms with Crippen molar-refractivity contribution in [2.24, 2.45) is 0 Å². The number of fused-ring (bicyclic) bond motifs is 4. The molecular formula is C19H11N3O. The molecule has 0 spiro atoms. The first-order valence-electron chi connectivity index (χ1n) is 7.37. The Balaban J connectivity index is 1.84. The third-order valence-corrected chi connectivity index (χ3v) is 4.03. The van der Waals surface area contributed by atoms with Crippen molar-refractivity contribution in [3.63, 3.8) is 0 Å². The zero-order valence-corrected chi connectivity index (χ0v) is 12.1. The first-order valence-corrected chi connectivity index (χ1v) is 7.37. The summed E-state index contributed by atoms with van der Waals surface area (Å²) in [4.78, 5) is 13.4. The molecular weight excluding hydrogens is 286 g/mol. The summed E-state index contributed by atoms with van der Waals surface area (Å²) in [5.41, 5.74) is 4.08. The summed E-state index contributed by atoms with van der Waals surface area (Å²) in [6, 6.07) is 16.0. The van der Waals surface area contributed by atoms with Gasteiger partial charge in [0.1, 0.15) is 5.52 Å².